The van der Waals surface area contributed by atoms with Gasteiger partial charge in [-0.05, 0) is 56.7 Å². The smallest absolute Gasteiger partial charge is 0.272 e. The van der Waals surface area contributed by atoms with E-state index in [2.05, 4.69) is 25.6 Å². The summed E-state index contributed by atoms with van der Waals surface area (Å²) < 4.78 is 7.19. The molecule has 3 aromatic rings. The van der Waals surface area contributed by atoms with Crippen LogP contribution in [0.4, 0.5) is 5.95 Å². The van der Waals surface area contributed by atoms with E-state index in [1.54, 1.807) is 23.3 Å². The van der Waals surface area contributed by atoms with Gasteiger partial charge in [0, 0.05) is 42.2 Å². The van der Waals surface area contributed by atoms with E-state index in [-0.39, 0.29) is 5.91 Å². The Bertz CT molecular complexity index is 1150. The minimum absolute atomic E-state index is 0.208. The van der Waals surface area contributed by atoms with Gasteiger partial charge in [0.25, 0.3) is 5.91 Å². The van der Waals surface area contributed by atoms with E-state index in [0.717, 1.165) is 56.4 Å². The third kappa shape index (κ3) is 4.58. The number of rotatable bonds is 6. The summed E-state index contributed by atoms with van der Waals surface area (Å²) in [4.78, 5) is 26.6. The molecule has 1 aliphatic carbocycles. The lowest BCUT2D eigenvalue weighted by Gasteiger charge is -2.43. The Labute approximate surface area is 197 Å². The second kappa shape index (κ2) is 9.11. The molecule has 1 aliphatic heterocycles. The summed E-state index contributed by atoms with van der Waals surface area (Å²) in [6.45, 7) is 3.43. The number of nitrogens with one attached hydrogen (secondary N) is 2. The highest BCUT2D eigenvalue weighted by Crippen LogP contribution is 2.42. The average Bonchev–Trinajstić information content (AvgIpc) is 3.28. The van der Waals surface area contributed by atoms with Gasteiger partial charge in [-0.3, -0.25) is 9.36 Å². The Kier molecular flexibility index (Phi) is 6.03. The standard InChI is InChI=1S/C24H27ClN6O2/c1-16-13-26-23(28-19-6-10-33-11-7-19)29-21(16)31-14-20(27-15-31)22(32)30-24(8-3-9-24)17-4-2-5-18(25)12-17/h2,4-5,12-15,19H,3,6-11H2,1H3,(H,30,32)(H,26,28,29). The zero-order valence-electron chi connectivity index (χ0n) is 18.6. The molecule has 2 aromatic heterocycles. The number of carbonyl (C=O) groups is 1. The number of halogens is 1. The highest BCUT2D eigenvalue weighted by molar-refractivity contribution is 6.30. The highest BCUT2D eigenvalue weighted by atomic mass is 35.5. The van der Waals surface area contributed by atoms with Crippen LogP contribution < -0.4 is 10.6 Å². The molecule has 0 unspecified atom stereocenters. The topological polar surface area (TPSA) is 94.0 Å². The molecule has 0 atom stereocenters. The van der Waals surface area contributed by atoms with Crippen LogP contribution in [0.1, 0.15) is 53.7 Å². The third-order valence-corrected chi connectivity index (χ3v) is 6.73. The summed E-state index contributed by atoms with van der Waals surface area (Å²) >= 11 is 6.19. The number of amides is 1. The van der Waals surface area contributed by atoms with E-state index in [0.29, 0.717) is 28.5 Å². The van der Waals surface area contributed by atoms with Crippen molar-refractivity contribution in [3.63, 3.8) is 0 Å². The molecule has 1 saturated carbocycles. The number of aromatic nitrogens is 4. The quantitative estimate of drug-likeness (QED) is 0.569. The van der Waals surface area contributed by atoms with E-state index in [9.17, 15) is 4.79 Å². The molecule has 172 valence electrons. The maximum absolute atomic E-state index is 13.1. The second-order valence-corrected chi connectivity index (χ2v) is 9.23. The summed E-state index contributed by atoms with van der Waals surface area (Å²) in [7, 11) is 0. The average molecular weight is 467 g/mol. The molecule has 33 heavy (non-hydrogen) atoms. The lowest BCUT2D eigenvalue weighted by molar-refractivity contribution is 0.0818. The first kappa shape index (κ1) is 21.9. The predicted molar refractivity (Wildman–Crippen MR) is 126 cm³/mol. The SMILES string of the molecule is Cc1cnc(NC2CCOCC2)nc1-n1cnc(C(=O)NC2(c3cccc(Cl)c3)CCC2)c1. The van der Waals surface area contributed by atoms with Crippen LogP contribution in [-0.4, -0.2) is 44.7 Å². The summed E-state index contributed by atoms with van der Waals surface area (Å²) in [5, 5.41) is 7.26. The Morgan fingerprint density at radius 1 is 1.24 bits per heavy atom. The van der Waals surface area contributed by atoms with Crippen LogP contribution in [0, 0.1) is 6.92 Å². The Morgan fingerprint density at radius 2 is 2.06 bits per heavy atom. The van der Waals surface area contributed by atoms with Crippen molar-refractivity contribution in [2.75, 3.05) is 18.5 Å². The summed E-state index contributed by atoms with van der Waals surface area (Å²) in [5.74, 6) is 1.05. The van der Waals surface area contributed by atoms with E-state index < -0.39 is 5.54 Å². The van der Waals surface area contributed by atoms with Crippen molar-refractivity contribution in [2.24, 2.45) is 0 Å². The van der Waals surface area contributed by atoms with Crippen molar-refractivity contribution in [2.45, 2.75) is 50.6 Å². The van der Waals surface area contributed by atoms with Crippen molar-refractivity contribution < 1.29 is 9.53 Å². The summed E-state index contributed by atoms with van der Waals surface area (Å²) in [6.07, 6.45) is 9.80. The molecule has 2 N–H and O–H groups in total. The number of benzene rings is 1. The molecule has 0 radical (unpaired) electrons. The maximum atomic E-state index is 13.1. The second-order valence-electron chi connectivity index (χ2n) is 8.80. The van der Waals surface area contributed by atoms with Gasteiger partial charge >= 0.3 is 0 Å². The van der Waals surface area contributed by atoms with Crippen molar-refractivity contribution in [3.05, 3.63) is 64.8 Å². The fraction of sp³-hybridized carbons (Fsp3) is 0.417. The summed E-state index contributed by atoms with van der Waals surface area (Å²) in [5.41, 5.74) is 1.88. The molecule has 1 amide bonds. The first-order valence-electron chi connectivity index (χ1n) is 11.3. The van der Waals surface area contributed by atoms with Crippen molar-refractivity contribution >= 4 is 23.5 Å². The predicted octanol–water partition coefficient (Wildman–Crippen LogP) is 4.02. The molecule has 1 saturated heterocycles. The zero-order chi connectivity index (χ0) is 22.8. The first-order valence-corrected chi connectivity index (χ1v) is 11.7. The number of aryl methyl sites for hydroxylation is 1. The van der Waals surface area contributed by atoms with E-state index >= 15 is 0 Å². The molecule has 1 aromatic carbocycles. The fourth-order valence-corrected chi connectivity index (χ4v) is 4.62. The number of hydrogen-bond acceptors (Lipinski definition) is 6. The van der Waals surface area contributed by atoms with Gasteiger partial charge in [-0.25, -0.2) is 9.97 Å². The van der Waals surface area contributed by atoms with Gasteiger partial charge in [-0.2, -0.15) is 4.98 Å². The fourth-order valence-electron chi connectivity index (χ4n) is 4.43. The number of hydrogen-bond donors (Lipinski definition) is 2. The van der Waals surface area contributed by atoms with Crippen LogP contribution >= 0.6 is 11.6 Å². The molecule has 0 spiro atoms. The normalized spacial score (nSPS) is 17.9. The molecule has 2 aliphatic rings. The van der Waals surface area contributed by atoms with Gasteiger partial charge in [0.2, 0.25) is 5.95 Å². The van der Waals surface area contributed by atoms with Crippen molar-refractivity contribution in [1.29, 1.82) is 0 Å². The van der Waals surface area contributed by atoms with E-state index in [1.165, 1.54) is 0 Å². The monoisotopic (exact) mass is 466 g/mol. The van der Waals surface area contributed by atoms with Crippen molar-refractivity contribution in [1.82, 2.24) is 24.8 Å². The van der Waals surface area contributed by atoms with E-state index in [4.69, 9.17) is 16.3 Å². The molecule has 9 heteroatoms. The first-order chi connectivity index (χ1) is 16.0. The van der Waals surface area contributed by atoms with Gasteiger partial charge in [0.1, 0.15) is 17.8 Å². The number of carbonyl (C=O) groups excluding carboxylic acids is 1. The molecule has 2 fully saturated rings. The largest absolute Gasteiger partial charge is 0.381 e. The number of nitrogens with zero attached hydrogens (tertiary/aromatic N) is 4. The number of anilines is 1. The molecule has 5 rings (SSSR count). The zero-order valence-corrected chi connectivity index (χ0v) is 19.3. The van der Waals surface area contributed by atoms with Crippen LogP contribution in [-0.2, 0) is 10.3 Å². The van der Waals surface area contributed by atoms with Crippen LogP contribution in [0.2, 0.25) is 5.02 Å². The van der Waals surface area contributed by atoms with Crippen molar-refractivity contribution in [3.8, 4) is 5.82 Å². The molecule has 0 bridgehead atoms. The Morgan fingerprint density at radius 3 is 2.79 bits per heavy atom. The lowest BCUT2D eigenvalue weighted by atomic mass is 9.71. The van der Waals surface area contributed by atoms with E-state index in [1.807, 2.05) is 31.2 Å². The summed E-state index contributed by atoms with van der Waals surface area (Å²) in [6, 6.07) is 8.00. The minimum Gasteiger partial charge on any atom is -0.381 e. The van der Waals surface area contributed by atoms with Crippen LogP contribution in [0.3, 0.4) is 0 Å². The van der Waals surface area contributed by atoms with Crippen LogP contribution in [0.5, 0.6) is 0 Å². The maximum Gasteiger partial charge on any atom is 0.272 e. The van der Waals surface area contributed by atoms with Gasteiger partial charge in [0.05, 0.1) is 5.54 Å². The van der Waals surface area contributed by atoms with Gasteiger partial charge in [-0.1, -0.05) is 23.7 Å². The lowest BCUT2D eigenvalue weighted by Crippen LogP contribution is -2.50. The Balaban J connectivity index is 1.33. The molecular weight excluding hydrogens is 440 g/mol. The molecule has 3 heterocycles. The third-order valence-electron chi connectivity index (χ3n) is 6.50. The minimum atomic E-state index is -0.391. The van der Waals surface area contributed by atoms with Gasteiger partial charge in [0.15, 0.2) is 0 Å². The van der Waals surface area contributed by atoms with Crippen LogP contribution in [0.25, 0.3) is 5.82 Å². The molecular formula is C24H27ClN6O2. The van der Waals surface area contributed by atoms with Gasteiger partial charge < -0.3 is 15.4 Å². The number of ether oxygens (including phenoxy) is 1. The number of imidazole rings is 1. The Hall–Kier alpha value is -2.97. The molecule has 8 nitrogen and oxygen atoms in total. The van der Waals surface area contributed by atoms with Gasteiger partial charge in [-0.15, -0.1) is 0 Å². The highest BCUT2D eigenvalue weighted by Gasteiger charge is 2.40. The van der Waals surface area contributed by atoms with Crippen LogP contribution in [0.15, 0.2) is 43.0 Å².